The fraction of sp³-hybridized carbons (Fsp3) is 0.333. The quantitative estimate of drug-likeness (QED) is 0.421. The normalized spacial score (nSPS) is 16.3. The monoisotopic (exact) mass is 470 g/mol. The first-order valence-electron chi connectivity index (χ1n) is 12.1. The second kappa shape index (κ2) is 10.7. The Labute approximate surface area is 205 Å². The Bertz CT molecular complexity index is 1250. The number of imidazole rings is 1. The summed E-state index contributed by atoms with van der Waals surface area (Å²) < 4.78 is 7.53. The number of likely N-dealkylation sites (tertiary alicyclic amines) is 1. The SMILES string of the molecule is Cc1cccc(-c2noc(CN3CCCC(C(=O)NCc4ccc(Cn5ccnc5)cc4)C3)n2)c1. The van der Waals surface area contributed by atoms with E-state index in [-0.39, 0.29) is 11.8 Å². The van der Waals surface area contributed by atoms with E-state index in [0.717, 1.165) is 42.6 Å². The molecule has 0 aliphatic carbocycles. The molecule has 2 aromatic heterocycles. The lowest BCUT2D eigenvalue weighted by Gasteiger charge is -2.30. The molecule has 8 heteroatoms. The van der Waals surface area contributed by atoms with Crippen molar-refractivity contribution in [3.8, 4) is 11.4 Å². The van der Waals surface area contributed by atoms with Crippen LogP contribution in [0.5, 0.6) is 0 Å². The standard InChI is InChI=1S/C27H30N6O2/c1-20-4-2-5-23(14-20)26-30-25(35-31-26)18-32-12-3-6-24(17-32)27(34)29-15-21-7-9-22(10-8-21)16-33-13-11-28-19-33/h2,4-5,7-11,13-14,19,24H,3,6,12,15-18H2,1H3,(H,29,34). The molecule has 1 unspecified atom stereocenters. The maximum Gasteiger partial charge on any atom is 0.241 e. The molecule has 0 radical (unpaired) electrons. The van der Waals surface area contributed by atoms with Gasteiger partial charge in [0.2, 0.25) is 17.6 Å². The minimum absolute atomic E-state index is 0.0385. The largest absolute Gasteiger partial charge is 0.352 e. The highest BCUT2D eigenvalue weighted by Gasteiger charge is 2.26. The van der Waals surface area contributed by atoms with Crippen LogP contribution in [-0.2, 0) is 24.4 Å². The van der Waals surface area contributed by atoms with Crippen molar-refractivity contribution < 1.29 is 9.32 Å². The van der Waals surface area contributed by atoms with Crippen LogP contribution in [0, 0.1) is 12.8 Å². The number of rotatable bonds is 8. The number of carbonyl (C=O) groups is 1. The molecular weight excluding hydrogens is 440 g/mol. The summed E-state index contributed by atoms with van der Waals surface area (Å²) in [6.07, 6.45) is 7.40. The molecule has 35 heavy (non-hydrogen) atoms. The van der Waals surface area contributed by atoms with E-state index < -0.39 is 0 Å². The number of nitrogens with one attached hydrogen (secondary N) is 1. The third-order valence-corrected chi connectivity index (χ3v) is 6.39. The third kappa shape index (κ3) is 6.02. The fourth-order valence-corrected chi connectivity index (χ4v) is 4.51. The van der Waals surface area contributed by atoms with Gasteiger partial charge in [0, 0.05) is 37.6 Å². The van der Waals surface area contributed by atoms with Crippen molar-refractivity contribution in [2.24, 2.45) is 5.92 Å². The highest BCUT2D eigenvalue weighted by Crippen LogP contribution is 2.21. The molecule has 2 aromatic carbocycles. The van der Waals surface area contributed by atoms with Crippen molar-refractivity contribution in [1.29, 1.82) is 0 Å². The van der Waals surface area contributed by atoms with Gasteiger partial charge >= 0.3 is 0 Å². The topological polar surface area (TPSA) is 89.1 Å². The molecule has 1 N–H and O–H groups in total. The van der Waals surface area contributed by atoms with Gasteiger partial charge in [0.1, 0.15) is 0 Å². The van der Waals surface area contributed by atoms with E-state index in [1.165, 1.54) is 5.56 Å². The van der Waals surface area contributed by atoms with Crippen LogP contribution in [0.4, 0.5) is 0 Å². The molecule has 1 saturated heterocycles. The Morgan fingerprint density at radius 2 is 2.00 bits per heavy atom. The average molecular weight is 471 g/mol. The molecule has 1 aliphatic heterocycles. The van der Waals surface area contributed by atoms with Gasteiger partial charge in [-0.15, -0.1) is 0 Å². The first-order valence-corrected chi connectivity index (χ1v) is 12.1. The lowest BCUT2D eigenvalue weighted by atomic mass is 9.97. The van der Waals surface area contributed by atoms with E-state index in [9.17, 15) is 4.79 Å². The Morgan fingerprint density at radius 1 is 1.14 bits per heavy atom. The number of benzene rings is 2. The van der Waals surface area contributed by atoms with Crippen molar-refractivity contribution >= 4 is 5.91 Å². The van der Waals surface area contributed by atoms with E-state index >= 15 is 0 Å². The van der Waals surface area contributed by atoms with E-state index in [0.29, 0.717) is 31.3 Å². The molecule has 4 aromatic rings. The Balaban J connectivity index is 1.11. The zero-order chi connectivity index (χ0) is 24.0. The van der Waals surface area contributed by atoms with Crippen molar-refractivity contribution in [2.45, 2.75) is 39.4 Å². The number of hydrogen-bond acceptors (Lipinski definition) is 6. The summed E-state index contributed by atoms with van der Waals surface area (Å²) in [6, 6.07) is 16.4. The van der Waals surface area contributed by atoms with Gasteiger partial charge in [-0.3, -0.25) is 9.69 Å². The summed E-state index contributed by atoms with van der Waals surface area (Å²) in [6.45, 7) is 5.53. The van der Waals surface area contributed by atoms with Crippen molar-refractivity contribution in [3.05, 3.63) is 89.8 Å². The number of nitrogens with zero attached hydrogens (tertiary/aromatic N) is 5. The lowest BCUT2D eigenvalue weighted by molar-refractivity contribution is -0.127. The molecule has 1 fully saturated rings. The van der Waals surface area contributed by atoms with Gasteiger partial charge in [0.25, 0.3) is 0 Å². The molecule has 8 nitrogen and oxygen atoms in total. The molecule has 5 rings (SSSR count). The number of hydrogen-bond donors (Lipinski definition) is 1. The zero-order valence-corrected chi connectivity index (χ0v) is 19.9. The van der Waals surface area contributed by atoms with Crippen molar-refractivity contribution in [2.75, 3.05) is 13.1 Å². The predicted octanol–water partition coefficient (Wildman–Crippen LogP) is 3.82. The summed E-state index contributed by atoms with van der Waals surface area (Å²) >= 11 is 0. The molecule has 0 bridgehead atoms. The predicted molar refractivity (Wildman–Crippen MR) is 132 cm³/mol. The van der Waals surface area contributed by atoms with E-state index in [2.05, 4.69) is 49.6 Å². The molecular formula is C27H30N6O2. The Kier molecular flexibility index (Phi) is 6.99. The van der Waals surface area contributed by atoms with Gasteiger partial charge in [-0.1, -0.05) is 53.2 Å². The summed E-state index contributed by atoms with van der Waals surface area (Å²) in [5.74, 6) is 1.25. The maximum absolute atomic E-state index is 12.9. The summed E-state index contributed by atoms with van der Waals surface area (Å²) in [5.41, 5.74) is 4.40. The Morgan fingerprint density at radius 3 is 2.80 bits per heavy atom. The molecule has 180 valence electrons. The van der Waals surface area contributed by atoms with Gasteiger partial charge < -0.3 is 14.4 Å². The van der Waals surface area contributed by atoms with Crippen LogP contribution in [0.1, 0.15) is 35.4 Å². The fourth-order valence-electron chi connectivity index (χ4n) is 4.51. The van der Waals surface area contributed by atoms with Crippen molar-refractivity contribution in [1.82, 2.24) is 29.9 Å². The lowest BCUT2D eigenvalue weighted by Crippen LogP contribution is -2.42. The van der Waals surface area contributed by atoms with E-state index in [1.54, 1.807) is 6.20 Å². The second-order valence-corrected chi connectivity index (χ2v) is 9.22. The highest BCUT2D eigenvalue weighted by molar-refractivity contribution is 5.79. The second-order valence-electron chi connectivity index (χ2n) is 9.22. The number of aromatic nitrogens is 4. The van der Waals surface area contributed by atoms with Crippen LogP contribution < -0.4 is 5.32 Å². The van der Waals surface area contributed by atoms with E-state index in [4.69, 9.17) is 4.52 Å². The zero-order valence-electron chi connectivity index (χ0n) is 19.9. The minimum atomic E-state index is -0.0385. The smallest absolute Gasteiger partial charge is 0.241 e. The Hall–Kier alpha value is -3.78. The average Bonchev–Trinajstić information content (AvgIpc) is 3.56. The van der Waals surface area contributed by atoms with E-state index in [1.807, 2.05) is 48.3 Å². The van der Waals surface area contributed by atoms with Crippen LogP contribution in [0.3, 0.4) is 0 Å². The maximum atomic E-state index is 12.9. The van der Waals surface area contributed by atoms with Crippen LogP contribution in [0.25, 0.3) is 11.4 Å². The summed E-state index contributed by atoms with van der Waals surface area (Å²) in [5, 5.41) is 7.26. The van der Waals surface area contributed by atoms with Gasteiger partial charge in [-0.05, 0) is 43.5 Å². The minimum Gasteiger partial charge on any atom is -0.352 e. The molecule has 1 aliphatic rings. The van der Waals surface area contributed by atoms with Crippen LogP contribution >= 0.6 is 0 Å². The van der Waals surface area contributed by atoms with Gasteiger partial charge in [-0.2, -0.15) is 4.98 Å². The van der Waals surface area contributed by atoms with Crippen LogP contribution in [0.15, 0.2) is 71.8 Å². The molecule has 1 atom stereocenters. The molecule has 1 amide bonds. The highest BCUT2D eigenvalue weighted by atomic mass is 16.5. The number of aryl methyl sites for hydroxylation is 1. The first kappa shape index (κ1) is 23.0. The number of piperidine rings is 1. The summed E-state index contributed by atoms with van der Waals surface area (Å²) in [4.78, 5) is 23.7. The first-order chi connectivity index (χ1) is 17.1. The van der Waals surface area contributed by atoms with Crippen LogP contribution in [0.2, 0.25) is 0 Å². The number of amides is 1. The molecule has 0 spiro atoms. The van der Waals surface area contributed by atoms with Gasteiger partial charge in [-0.25, -0.2) is 4.98 Å². The van der Waals surface area contributed by atoms with Crippen LogP contribution in [-0.4, -0.2) is 43.6 Å². The van der Waals surface area contributed by atoms with Gasteiger partial charge in [0.05, 0.1) is 18.8 Å². The summed E-state index contributed by atoms with van der Waals surface area (Å²) in [7, 11) is 0. The number of carbonyl (C=O) groups excluding carboxylic acids is 1. The molecule has 3 heterocycles. The third-order valence-electron chi connectivity index (χ3n) is 6.39. The van der Waals surface area contributed by atoms with Gasteiger partial charge in [0.15, 0.2) is 0 Å². The van der Waals surface area contributed by atoms with Crippen molar-refractivity contribution in [3.63, 3.8) is 0 Å². The molecule has 0 saturated carbocycles.